The zero-order chi connectivity index (χ0) is 10.3. The molecule has 3 heterocycles. The van der Waals surface area contributed by atoms with Crippen LogP contribution in [0.5, 0.6) is 0 Å². The summed E-state index contributed by atoms with van der Waals surface area (Å²) in [4.78, 5) is 9.97. The average molecular weight is 255 g/mol. The molecule has 0 atom stereocenters. The third-order valence-corrected chi connectivity index (χ3v) is 4.42. The van der Waals surface area contributed by atoms with E-state index < -0.39 is 0 Å². The van der Waals surface area contributed by atoms with Gasteiger partial charge in [-0.05, 0) is 11.4 Å². The maximum absolute atomic E-state index is 6.13. The van der Waals surface area contributed by atoms with Gasteiger partial charge in [0, 0.05) is 17.1 Å². The molecule has 0 aromatic carbocycles. The van der Waals surface area contributed by atoms with E-state index in [0.29, 0.717) is 5.15 Å². The van der Waals surface area contributed by atoms with Gasteiger partial charge in [0.15, 0.2) is 5.82 Å². The summed E-state index contributed by atoms with van der Waals surface area (Å²) in [5, 5.41) is 2.64. The minimum absolute atomic E-state index is 0.619. The number of hydrogen-bond donors (Lipinski definition) is 0. The Morgan fingerprint density at radius 3 is 3.00 bits per heavy atom. The van der Waals surface area contributed by atoms with Crippen molar-refractivity contribution in [1.29, 1.82) is 0 Å². The Balaban J connectivity index is 2.15. The third kappa shape index (κ3) is 1.67. The number of thioether (sulfide) groups is 1. The van der Waals surface area contributed by atoms with Gasteiger partial charge in [0.2, 0.25) is 0 Å². The van der Waals surface area contributed by atoms with Crippen LogP contribution in [0, 0.1) is 0 Å². The van der Waals surface area contributed by atoms with Crippen molar-refractivity contribution in [3.63, 3.8) is 0 Å². The summed E-state index contributed by atoms with van der Waals surface area (Å²) in [7, 11) is 0. The lowest BCUT2D eigenvalue weighted by atomic mass is 10.3. The first kappa shape index (κ1) is 9.63. The van der Waals surface area contributed by atoms with Crippen LogP contribution in [0.4, 0.5) is 0 Å². The van der Waals surface area contributed by atoms with Crippen molar-refractivity contribution in [2.24, 2.45) is 0 Å². The highest BCUT2D eigenvalue weighted by molar-refractivity contribution is 7.98. The van der Waals surface area contributed by atoms with Crippen molar-refractivity contribution in [2.75, 3.05) is 0 Å². The molecule has 76 valence electrons. The number of halogens is 1. The first-order valence-electron chi connectivity index (χ1n) is 4.51. The number of nitrogens with zero attached hydrogens (tertiary/aromatic N) is 2. The number of fused-ring (bicyclic) bond motifs is 1. The van der Waals surface area contributed by atoms with E-state index in [1.165, 1.54) is 0 Å². The molecule has 1 aliphatic rings. The normalized spacial score (nSPS) is 14.2. The molecule has 0 amide bonds. The standard InChI is InChI=1S/C10H7ClN2S2/c11-9-6-4-14-5-7(6)12-10(13-9)8-2-1-3-15-8/h1-3H,4-5H2. The molecule has 0 spiro atoms. The molecule has 5 heteroatoms. The van der Waals surface area contributed by atoms with Gasteiger partial charge in [-0.25, -0.2) is 9.97 Å². The molecule has 2 aromatic rings. The van der Waals surface area contributed by atoms with Crippen molar-refractivity contribution in [1.82, 2.24) is 9.97 Å². The van der Waals surface area contributed by atoms with Crippen molar-refractivity contribution in [3.8, 4) is 10.7 Å². The van der Waals surface area contributed by atoms with Gasteiger partial charge in [-0.2, -0.15) is 11.8 Å². The molecule has 0 saturated carbocycles. The van der Waals surface area contributed by atoms with Crippen LogP contribution >= 0.6 is 34.7 Å². The second kappa shape index (κ2) is 3.77. The summed E-state index contributed by atoms with van der Waals surface area (Å²) < 4.78 is 0. The molecule has 0 aliphatic carbocycles. The van der Waals surface area contributed by atoms with E-state index in [0.717, 1.165) is 33.5 Å². The first-order valence-corrected chi connectivity index (χ1v) is 6.93. The van der Waals surface area contributed by atoms with Gasteiger partial charge in [-0.15, -0.1) is 11.3 Å². The molecular weight excluding hydrogens is 248 g/mol. The van der Waals surface area contributed by atoms with Crippen LogP contribution in [0.15, 0.2) is 17.5 Å². The van der Waals surface area contributed by atoms with E-state index in [1.807, 2.05) is 29.3 Å². The Morgan fingerprint density at radius 1 is 1.27 bits per heavy atom. The SMILES string of the molecule is Clc1nc(-c2cccs2)nc2c1CSC2. The van der Waals surface area contributed by atoms with E-state index >= 15 is 0 Å². The molecule has 0 saturated heterocycles. The van der Waals surface area contributed by atoms with Gasteiger partial charge in [0.1, 0.15) is 5.15 Å². The van der Waals surface area contributed by atoms with Crippen molar-refractivity contribution >= 4 is 34.7 Å². The Bertz CT molecular complexity index is 496. The summed E-state index contributed by atoms with van der Waals surface area (Å²) in [5.74, 6) is 2.66. The molecule has 2 nitrogen and oxygen atoms in total. The maximum Gasteiger partial charge on any atom is 0.171 e. The highest BCUT2D eigenvalue weighted by Gasteiger charge is 2.19. The van der Waals surface area contributed by atoms with Gasteiger partial charge in [0.05, 0.1) is 10.6 Å². The van der Waals surface area contributed by atoms with Crippen LogP contribution in [0.1, 0.15) is 11.3 Å². The predicted octanol–water partition coefficient (Wildman–Crippen LogP) is 3.61. The molecular formula is C10H7ClN2S2. The van der Waals surface area contributed by atoms with Crippen LogP contribution in [0.3, 0.4) is 0 Å². The van der Waals surface area contributed by atoms with E-state index in [2.05, 4.69) is 9.97 Å². The zero-order valence-corrected chi connectivity index (χ0v) is 10.1. The van der Waals surface area contributed by atoms with Crippen molar-refractivity contribution < 1.29 is 0 Å². The molecule has 0 radical (unpaired) electrons. The first-order chi connectivity index (χ1) is 7.34. The zero-order valence-electron chi connectivity index (χ0n) is 7.74. The number of rotatable bonds is 1. The smallest absolute Gasteiger partial charge is 0.171 e. The average Bonchev–Trinajstić information content (AvgIpc) is 2.88. The highest BCUT2D eigenvalue weighted by atomic mass is 35.5. The Labute approximate surface area is 101 Å². The highest BCUT2D eigenvalue weighted by Crippen LogP contribution is 2.34. The summed E-state index contributed by atoms with van der Waals surface area (Å²) in [6.45, 7) is 0. The summed E-state index contributed by atoms with van der Waals surface area (Å²) in [6, 6.07) is 4.02. The second-order valence-corrected chi connectivity index (χ2v) is 5.52. The van der Waals surface area contributed by atoms with E-state index in [9.17, 15) is 0 Å². The lowest BCUT2D eigenvalue weighted by molar-refractivity contribution is 1.08. The van der Waals surface area contributed by atoms with Crippen molar-refractivity contribution in [2.45, 2.75) is 11.5 Å². The van der Waals surface area contributed by atoms with Gasteiger partial charge >= 0.3 is 0 Å². The predicted molar refractivity (Wildman–Crippen MR) is 65.4 cm³/mol. The molecule has 0 fully saturated rings. The van der Waals surface area contributed by atoms with Gasteiger partial charge in [0.25, 0.3) is 0 Å². The van der Waals surface area contributed by atoms with Crippen LogP contribution < -0.4 is 0 Å². The lowest BCUT2D eigenvalue weighted by Crippen LogP contribution is -1.96. The molecule has 0 bridgehead atoms. The Kier molecular flexibility index (Phi) is 2.42. The fourth-order valence-corrected chi connectivity index (χ4v) is 3.56. The van der Waals surface area contributed by atoms with Crippen LogP contribution in [-0.2, 0) is 11.5 Å². The van der Waals surface area contributed by atoms with Gasteiger partial charge < -0.3 is 0 Å². The fourth-order valence-electron chi connectivity index (χ4n) is 1.53. The monoisotopic (exact) mass is 254 g/mol. The van der Waals surface area contributed by atoms with E-state index in [1.54, 1.807) is 11.3 Å². The van der Waals surface area contributed by atoms with E-state index in [-0.39, 0.29) is 0 Å². The summed E-state index contributed by atoms with van der Waals surface area (Å²) >= 11 is 9.61. The minimum Gasteiger partial charge on any atom is -0.231 e. The molecule has 0 unspecified atom stereocenters. The molecule has 3 rings (SSSR count). The summed E-state index contributed by atoms with van der Waals surface area (Å²) in [6.07, 6.45) is 0. The number of hydrogen-bond acceptors (Lipinski definition) is 4. The lowest BCUT2D eigenvalue weighted by Gasteiger charge is -2.02. The minimum atomic E-state index is 0.619. The fraction of sp³-hybridized carbons (Fsp3) is 0.200. The Morgan fingerprint density at radius 2 is 2.20 bits per heavy atom. The third-order valence-electron chi connectivity index (χ3n) is 2.27. The quantitative estimate of drug-likeness (QED) is 0.727. The largest absolute Gasteiger partial charge is 0.231 e. The van der Waals surface area contributed by atoms with Crippen LogP contribution in [0.2, 0.25) is 5.15 Å². The molecule has 1 aliphatic heterocycles. The van der Waals surface area contributed by atoms with E-state index in [4.69, 9.17) is 11.6 Å². The topological polar surface area (TPSA) is 25.8 Å². The Hall–Kier alpha value is -0.580. The maximum atomic E-state index is 6.13. The summed E-state index contributed by atoms with van der Waals surface area (Å²) in [5.41, 5.74) is 2.21. The van der Waals surface area contributed by atoms with Gasteiger partial charge in [-0.3, -0.25) is 0 Å². The van der Waals surface area contributed by atoms with Crippen LogP contribution in [0.25, 0.3) is 10.7 Å². The van der Waals surface area contributed by atoms with Crippen LogP contribution in [-0.4, -0.2) is 9.97 Å². The molecule has 0 N–H and O–H groups in total. The molecule has 2 aromatic heterocycles. The second-order valence-electron chi connectivity index (χ2n) is 3.23. The number of aromatic nitrogens is 2. The molecule has 15 heavy (non-hydrogen) atoms. The van der Waals surface area contributed by atoms with Gasteiger partial charge in [-0.1, -0.05) is 17.7 Å². The number of thiophene rings is 1. The van der Waals surface area contributed by atoms with Crippen molar-refractivity contribution in [3.05, 3.63) is 33.9 Å².